The Kier molecular flexibility index (Phi) is 4.50. The van der Waals surface area contributed by atoms with Gasteiger partial charge in [0.15, 0.2) is 0 Å². The van der Waals surface area contributed by atoms with Crippen LogP contribution in [0.1, 0.15) is 35.0 Å². The Morgan fingerprint density at radius 1 is 1.25 bits per heavy atom. The number of primary sulfonamides is 1. The minimum atomic E-state index is -3.89. The van der Waals surface area contributed by atoms with E-state index in [2.05, 4.69) is 19.1 Å². The van der Waals surface area contributed by atoms with Crippen LogP contribution in [0.5, 0.6) is 0 Å². The van der Waals surface area contributed by atoms with Gasteiger partial charge in [-0.25, -0.2) is 13.6 Å². The summed E-state index contributed by atoms with van der Waals surface area (Å²) in [6.07, 6.45) is 1.88. The maximum absolute atomic E-state index is 12.9. The lowest BCUT2D eigenvalue weighted by Crippen LogP contribution is -2.47. The van der Waals surface area contributed by atoms with Crippen molar-refractivity contribution in [2.75, 3.05) is 13.1 Å². The average molecular weight is 364 g/mol. The quantitative estimate of drug-likeness (QED) is 0.909. The first-order chi connectivity index (χ1) is 11.3. The van der Waals surface area contributed by atoms with Crippen LogP contribution in [-0.4, -0.2) is 32.3 Å². The van der Waals surface area contributed by atoms with Crippen LogP contribution in [0, 0.1) is 0 Å². The lowest BCUT2D eigenvalue weighted by atomic mass is 9.76. The fraction of sp³-hybridized carbons (Fsp3) is 0.353. The van der Waals surface area contributed by atoms with Crippen molar-refractivity contribution < 1.29 is 13.2 Å². The van der Waals surface area contributed by atoms with Gasteiger partial charge in [0.2, 0.25) is 10.0 Å². The number of sulfonamides is 1. The van der Waals surface area contributed by atoms with Gasteiger partial charge in [-0.3, -0.25) is 4.79 Å². The maximum atomic E-state index is 12.9. The molecule has 1 aromatic carbocycles. The van der Waals surface area contributed by atoms with E-state index in [0.717, 1.165) is 24.2 Å². The molecule has 0 radical (unpaired) electrons. The normalized spacial score (nSPS) is 21.7. The number of piperidine rings is 1. The summed E-state index contributed by atoms with van der Waals surface area (Å²) in [5, 5.41) is 6.81. The van der Waals surface area contributed by atoms with Gasteiger partial charge in [-0.05, 0) is 29.9 Å². The zero-order valence-electron chi connectivity index (χ0n) is 13.4. The van der Waals surface area contributed by atoms with Crippen molar-refractivity contribution in [3.8, 4) is 0 Å². The first-order valence-corrected chi connectivity index (χ1v) is 10.2. The van der Waals surface area contributed by atoms with Gasteiger partial charge in [0.05, 0.1) is 0 Å². The molecule has 0 bridgehead atoms. The monoisotopic (exact) mass is 364 g/mol. The highest BCUT2D eigenvalue weighted by Crippen LogP contribution is 2.35. The van der Waals surface area contributed by atoms with Crippen LogP contribution in [0.3, 0.4) is 0 Å². The number of amides is 1. The second-order valence-electron chi connectivity index (χ2n) is 6.42. The molecule has 7 heteroatoms. The van der Waals surface area contributed by atoms with Crippen molar-refractivity contribution in [1.29, 1.82) is 0 Å². The minimum absolute atomic E-state index is 0.0792. The molecule has 5 nitrogen and oxygen atoms in total. The molecule has 2 N–H and O–H groups in total. The van der Waals surface area contributed by atoms with Crippen molar-refractivity contribution >= 4 is 27.3 Å². The highest BCUT2D eigenvalue weighted by Gasteiger charge is 2.36. The fourth-order valence-electron chi connectivity index (χ4n) is 3.31. The molecule has 128 valence electrons. The Morgan fingerprint density at radius 3 is 2.62 bits per heavy atom. The van der Waals surface area contributed by atoms with Gasteiger partial charge in [0, 0.05) is 18.5 Å². The van der Waals surface area contributed by atoms with Crippen molar-refractivity contribution in [3.63, 3.8) is 0 Å². The predicted molar refractivity (Wildman–Crippen MR) is 94.6 cm³/mol. The van der Waals surface area contributed by atoms with E-state index in [9.17, 15) is 13.2 Å². The number of likely N-dealkylation sites (tertiary alicyclic amines) is 1. The number of hydrogen-bond acceptors (Lipinski definition) is 4. The molecule has 1 saturated heterocycles. The highest BCUT2D eigenvalue weighted by atomic mass is 32.2. The summed E-state index contributed by atoms with van der Waals surface area (Å²) >= 11 is 1.12. The zero-order valence-corrected chi connectivity index (χ0v) is 15.1. The molecule has 24 heavy (non-hydrogen) atoms. The largest absolute Gasteiger partial charge is 0.337 e. The SMILES string of the molecule is CC1(c2ccccc2)CCCN(C(=O)c2sccc2S(N)(=O)=O)C1. The molecule has 1 fully saturated rings. The molecule has 3 rings (SSSR count). The van der Waals surface area contributed by atoms with Gasteiger partial charge in [-0.2, -0.15) is 0 Å². The first kappa shape index (κ1) is 17.1. The third-order valence-corrected chi connectivity index (χ3v) is 6.57. The molecule has 1 unspecified atom stereocenters. The number of rotatable bonds is 3. The maximum Gasteiger partial charge on any atom is 0.265 e. The number of thiophene rings is 1. The van der Waals surface area contributed by atoms with Crippen LogP contribution in [-0.2, 0) is 15.4 Å². The van der Waals surface area contributed by atoms with Crippen LogP contribution >= 0.6 is 11.3 Å². The van der Waals surface area contributed by atoms with E-state index in [-0.39, 0.29) is 21.1 Å². The Bertz CT molecular complexity index is 846. The molecule has 2 aromatic rings. The second kappa shape index (κ2) is 6.31. The van der Waals surface area contributed by atoms with Gasteiger partial charge in [0.25, 0.3) is 5.91 Å². The average Bonchev–Trinajstić information content (AvgIpc) is 3.05. The number of nitrogens with zero attached hydrogens (tertiary/aromatic N) is 1. The van der Waals surface area contributed by atoms with Crippen molar-refractivity contribution in [2.24, 2.45) is 5.14 Å². The topological polar surface area (TPSA) is 80.5 Å². The number of carbonyl (C=O) groups is 1. The van der Waals surface area contributed by atoms with Crippen molar-refractivity contribution in [1.82, 2.24) is 4.90 Å². The lowest BCUT2D eigenvalue weighted by Gasteiger charge is -2.41. The Hall–Kier alpha value is -1.70. The molecule has 1 atom stereocenters. The van der Waals surface area contributed by atoms with E-state index < -0.39 is 10.0 Å². The van der Waals surface area contributed by atoms with Gasteiger partial charge >= 0.3 is 0 Å². The van der Waals surface area contributed by atoms with Crippen LogP contribution in [0.25, 0.3) is 0 Å². The van der Waals surface area contributed by atoms with Crippen molar-refractivity contribution in [3.05, 3.63) is 52.2 Å². The summed E-state index contributed by atoms with van der Waals surface area (Å²) in [5.74, 6) is -0.254. The zero-order chi connectivity index (χ0) is 17.4. The number of carbonyl (C=O) groups excluding carboxylic acids is 1. The van der Waals surface area contributed by atoms with Crippen LogP contribution in [0.2, 0.25) is 0 Å². The van der Waals surface area contributed by atoms with E-state index in [1.807, 2.05) is 18.2 Å². The van der Waals surface area contributed by atoms with E-state index in [1.165, 1.54) is 11.6 Å². The summed E-state index contributed by atoms with van der Waals surface area (Å²) in [4.78, 5) is 14.7. The summed E-state index contributed by atoms with van der Waals surface area (Å²) in [7, 11) is -3.89. The highest BCUT2D eigenvalue weighted by molar-refractivity contribution is 7.89. The third-order valence-electron chi connectivity index (χ3n) is 4.58. The Balaban J connectivity index is 1.88. The summed E-state index contributed by atoms with van der Waals surface area (Å²) in [6.45, 7) is 3.35. The molecular weight excluding hydrogens is 344 g/mol. The van der Waals surface area contributed by atoms with Crippen molar-refractivity contribution in [2.45, 2.75) is 30.1 Å². The first-order valence-electron chi connectivity index (χ1n) is 7.76. The number of nitrogens with two attached hydrogens (primary N) is 1. The molecule has 1 aliphatic heterocycles. The van der Waals surface area contributed by atoms with Gasteiger partial charge in [0.1, 0.15) is 9.77 Å². The summed E-state index contributed by atoms with van der Waals surface area (Å²) in [6, 6.07) is 11.5. The van der Waals surface area contributed by atoms with E-state index >= 15 is 0 Å². The third kappa shape index (κ3) is 3.24. The van der Waals surface area contributed by atoms with Crippen LogP contribution in [0.15, 0.2) is 46.7 Å². The number of hydrogen-bond donors (Lipinski definition) is 1. The molecule has 0 spiro atoms. The van der Waals surface area contributed by atoms with E-state index in [4.69, 9.17) is 5.14 Å². The van der Waals surface area contributed by atoms with Gasteiger partial charge in [-0.1, -0.05) is 37.3 Å². The lowest BCUT2D eigenvalue weighted by molar-refractivity contribution is 0.0652. The summed E-state index contributed by atoms with van der Waals surface area (Å²) in [5.41, 5.74) is 1.06. The molecule has 0 saturated carbocycles. The predicted octanol–water partition coefficient (Wildman–Crippen LogP) is 2.59. The smallest absolute Gasteiger partial charge is 0.265 e. The molecule has 2 heterocycles. The van der Waals surface area contributed by atoms with Gasteiger partial charge < -0.3 is 4.90 Å². The molecule has 1 aliphatic rings. The molecule has 1 aromatic heterocycles. The molecule has 1 amide bonds. The molecule has 0 aliphatic carbocycles. The number of benzene rings is 1. The fourth-order valence-corrected chi connectivity index (χ4v) is 5.25. The van der Waals surface area contributed by atoms with Crippen LogP contribution in [0.4, 0.5) is 0 Å². The summed E-state index contributed by atoms with van der Waals surface area (Å²) < 4.78 is 23.3. The van der Waals surface area contributed by atoms with Crippen LogP contribution < -0.4 is 5.14 Å². The minimum Gasteiger partial charge on any atom is -0.337 e. The van der Waals surface area contributed by atoms with E-state index in [1.54, 1.807) is 10.3 Å². The van der Waals surface area contributed by atoms with Gasteiger partial charge in [-0.15, -0.1) is 11.3 Å². The Morgan fingerprint density at radius 2 is 1.96 bits per heavy atom. The second-order valence-corrected chi connectivity index (χ2v) is 8.86. The van der Waals surface area contributed by atoms with E-state index in [0.29, 0.717) is 13.1 Å². The Labute approximate surface area is 146 Å². The standard InChI is InChI=1S/C17H20N2O3S2/c1-17(13-6-3-2-4-7-13)9-5-10-19(12-17)16(20)15-14(8-11-23-15)24(18,21)22/h2-4,6-8,11H,5,9-10,12H2,1H3,(H2,18,21,22). The molecular formula is C17H20N2O3S2.